The van der Waals surface area contributed by atoms with Gasteiger partial charge in [-0.2, -0.15) is 4.98 Å². The number of hydrogen-bond donors (Lipinski definition) is 3. The lowest BCUT2D eigenvalue weighted by molar-refractivity contribution is 0.109. The number of nitrogens with two attached hydrogens (primary N) is 1. The van der Waals surface area contributed by atoms with Gasteiger partial charge in [0.1, 0.15) is 6.10 Å². The van der Waals surface area contributed by atoms with Crippen molar-refractivity contribution >= 4 is 0 Å². The molecule has 4 N–H and O–H groups in total. The number of phenols is 2. The zero-order valence-corrected chi connectivity index (χ0v) is 11.3. The van der Waals surface area contributed by atoms with Crippen LogP contribution in [0.2, 0.25) is 0 Å². The number of benzene rings is 1. The third-order valence-electron chi connectivity index (χ3n) is 2.99. The zero-order chi connectivity index (χ0) is 14.7. The van der Waals surface area contributed by atoms with Crippen molar-refractivity contribution in [2.75, 3.05) is 7.11 Å². The van der Waals surface area contributed by atoms with Crippen LogP contribution < -0.4 is 5.73 Å². The molecule has 0 aliphatic carbocycles. The summed E-state index contributed by atoms with van der Waals surface area (Å²) in [5.41, 5.74) is 6.75. The molecule has 0 aliphatic rings. The fraction of sp³-hybridized carbons (Fsp3) is 0.385. The molecule has 0 saturated carbocycles. The topological polar surface area (TPSA) is 115 Å². The van der Waals surface area contributed by atoms with Gasteiger partial charge in [0, 0.05) is 7.11 Å². The van der Waals surface area contributed by atoms with E-state index in [0.717, 1.165) is 5.56 Å². The van der Waals surface area contributed by atoms with E-state index in [2.05, 4.69) is 10.1 Å². The van der Waals surface area contributed by atoms with Gasteiger partial charge < -0.3 is 25.2 Å². The minimum Gasteiger partial charge on any atom is -0.504 e. The van der Waals surface area contributed by atoms with E-state index in [1.807, 2.05) is 0 Å². The molecular formula is C13H17N3O4. The van der Waals surface area contributed by atoms with Gasteiger partial charge in [0.15, 0.2) is 17.3 Å². The molecule has 0 radical (unpaired) electrons. The van der Waals surface area contributed by atoms with Gasteiger partial charge in [-0.15, -0.1) is 0 Å². The lowest BCUT2D eigenvalue weighted by Gasteiger charge is -2.08. The third kappa shape index (κ3) is 3.06. The van der Waals surface area contributed by atoms with E-state index in [1.54, 1.807) is 20.1 Å². The zero-order valence-electron chi connectivity index (χ0n) is 11.3. The van der Waals surface area contributed by atoms with Crippen LogP contribution in [0.3, 0.4) is 0 Å². The summed E-state index contributed by atoms with van der Waals surface area (Å²) in [7, 11) is 1.56. The Balaban J connectivity index is 2.09. The minimum atomic E-state index is -0.496. The van der Waals surface area contributed by atoms with Gasteiger partial charge in [0.2, 0.25) is 5.89 Å². The van der Waals surface area contributed by atoms with E-state index in [9.17, 15) is 10.2 Å². The molecule has 1 aromatic heterocycles. The summed E-state index contributed by atoms with van der Waals surface area (Å²) < 4.78 is 10.2. The second kappa shape index (κ2) is 5.89. The summed E-state index contributed by atoms with van der Waals surface area (Å²) in [5, 5.41) is 22.5. The maximum Gasteiger partial charge on any atom is 0.243 e. The lowest BCUT2D eigenvalue weighted by Crippen LogP contribution is -2.14. The van der Waals surface area contributed by atoms with Crippen LogP contribution in [0.15, 0.2) is 22.7 Å². The summed E-state index contributed by atoms with van der Waals surface area (Å²) in [4.78, 5) is 4.18. The highest BCUT2D eigenvalue weighted by Gasteiger charge is 2.18. The van der Waals surface area contributed by atoms with Gasteiger partial charge in [0.05, 0.1) is 6.04 Å². The molecule has 0 spiro atoms. The quantitative estimate of drug-likeness (QED) is 0.709. The van der Waals surface area contributed by atoms with Crippen LogP contribution >= 0.6 is 0 Å². The molecule has 0 aliphatic heterocycles. The van der Waals surface area contributed by atoms with Crippen molar-refractivity contribution in [3.05, 3.63) is 35.5 Å². The largest absolute Gasteiger partial charge is 0.504 e. The summed E-state index contributed by atoms with van der Waals surface area (Å²) in [6, 6.07) is 4.03. The molecule has 0 saturated heterocycles. The van der Waals surface area contributed by atoms with Gasteiger partial charge in [-0.25, -0.2) is 0 Å². The van der Waals surface area contributed by atoms with Crippen LogP contribution in [0.1, 0.15) is 36.3 Å². The number of aromatic nitrogens is 2. The fourth-order valence-corrected chi connectivity index (χ4v) is 1.71. The van der Waals surface area contributed by atoms with Crippen LogP contribution in [0.4, 0.5) is 0 Å². The SMILES string of the molecule is COC(C)c1noc(C(N)Cc2ccc(O)c(O)c2)n1. The number of methoxy groups -OCH3 is 1. The molecule has 1 aromatic carbocycles. The predicted octanol–water partition coefficient (Wildman–Crippen LogP) is 1.43. The summed E-state index contributed by atoms with van der Waals surface area (Å²) in [5.74, 6) is 0.383. The summed E-state index contributed by atoms with van der Waals surface area (Å²) in [6.07, 6.45) is 0.133. The van der Waals surface area contributed by atoms with E-state index in [0.29, 0.717) is 18.1 Å². The van der Waals surface area contributed by atoms with Crippen molar-refractivity contribution in [2.24, 2.45) is 5.73 Å². The third-order valence-corrected chi connectivity index (χ3v) is 2.99. The number of hydrogen-bond acceptors (Lipinski definition) is 7. The Labute approximate surface area is 116 Å². The monoisotopic (exact) mass is 279 g/mol. The van der Waals surface area contributed by atoms with Crippen molar-refractivity contribution in [2.45, 2.75) is 25.5 Å². The minimum absolute atomic E-state index is 0.170. The normalized spacial score (nSPS) is 14.2. The molecule has 7 nitrogen and oxygen atoms in total. The maximum atomic E-state index is 9.43. The fourth-order valence-electron chi connectivity index (χ4n) is 1.71. The van der Waals surface area contributed by atoms with Crippen molar-refractivity contribution in [1.82, 2.24) is 10.1 Å². The molecule has 2 aromatic rings. The second-order valence-electron chi connectivity index (χ2n) is 4.50. The van der Waals surface area contributed by atoms with Gasteiger partial charge >= 0.3 is 0 Å². The molecule has 0 bridgehead atoms. The predicted molar refractivity (Wildman–Crippen MR) is 70.1 cm³/mol. The first kappa shape index (κ1) is 14.3. The number of aromatic hydroxyl groups is 2. The average molecular weight is 279 g/mol. The molecule has 20 heavy (non-hydrogen) atoms. The van der Waals surface area contributed by atoms with Gasteiger partial charge in [-0.3, -0.25) is 0 Å². The van der Waals surface area contributed by atoms with Gasteiger partial charge in [-0.1, -0.05) is 11.2 Å². The first-order chi connectivity index (χ1) is 9.51. The van der Waals surface area contributed by atoms with Crippen LogP contribution in [-0.2, 0) is 11.2 Å². The first-order valence-electron chi connectivity index (χ1n) is 6.14. The Morgan fingerprint density at radius 1 is 1.35 bits per heavy atom. The summed E-state index contributed by atoms with van der Waals surface area (Å²) in [6.45, 7) is 1.80. The van der Waals surface area contributed by atoms with Crippen LogP contribution in [0.5, 0.6) is 11.5 Å². The lowest BCUT2D eigenvalue weighted by atomic mass is 10.1. The van der Waals surface area contributed by atoms with E-state index >= 15 is 0 Å². The number of phenolic OH excluding ortho intramolecular Hbond substituents is 2. The van der Waals surface area contributed by atoms with Gasteiger partial charge in [0.25, 0.3) is 0 Å². The van der Waals surface area contributed by atoms with Crippen molar-refractivity contribution in [3.63, 3.8) is 0 Å². The Morgan fingerprint density at radius 2 is 2.10 bits per heavy atom. The Hall–Kier alpha value is -2.12. The smallest absolute Gasteiger partial charge is 0.243 e. The summed E-state index contributed by atoms with van der Waals surface area (Å²) >= 11 is 0. The van der Waals surface area contributed by atoms with Crippen molar-refractivity contribution < 1.29 is 19.5 Å². The molecular weight excluding hydrogens is 262 g/mol. The van der Waals surface area contributed by atoms with Crippen LogP contribution in [-0.4, -0.2) is 27.5 Å². The Bertz CT molecular complexity index is 585. The van der Waals surface area contributed by atoms with E-state index < -0.39 is 6.04 Å². The molecule has 2 atom stereocenters. The first-order valence-corrected chi connectivity index (χ1v) is 6.14. The number of rotatable bonds is 5. The highest BCUT2D eigenvalue weighted by molar-refractivity contribution is 5.40. The number of ether oxygens (including phenoxy) is 1. The van der Waals surface area contributed by atoms with Gasteiger partial charge in [-0.05, 0) is 31.0 Å². The second-order valence-corrected chi connectivity index (χ2v) is 4.50. The van der Waals surface area contributed by atoms with E-state index in [4.69, 9.17) is 15.0 Å². The molecule has 2 rings (SSSR count). The molecule has 1 heterocycles. The molecule has 0 fully saturated rings. The highest BCUT2D eigenvalue weighted by Crippen LogP contribution is 2.27. The van der Waals surface area contributed by atoms with Crippen molar-refractivity contribution in [3.8, 4) is 11.5 Å². The highest BCUT2D eigenvalue weighted by atomic mass is 16.5. The molecule has 0 amide bonds. The standard InChI is InChI=1S/C13H17N3O4/c1-7(19-2)12-15-13(20-16-12)9(14)5-8-3-4-10(17)11(18)6-8/h3-4,6-7,9,17-18H,5,14H2,1-2H3. The van der Waals surface area contributed by atoms with Crippen LogP contribution in [0.25, 0.3) is 0 Å². The average Bonchev–Trinajstić information content (AvgIpc) is 2.92. The van der Waals surface area contributed by atoms with E-state index in [-0.39, 0.29) is 17.6 Å². The number of nitrogens with zero attached hydrogens (tertiary/aromatic N) is 2. The molecule has 2 unspecified atom stereocenters. The maximum absolute atomic E-state index is 9.43. The molecule has 108 valence electrons. The Kier molecular flexibility index (Phi) is 4.21. The van der Waals surface area contributed by atoms with Crippen molar-refractivity contribution in [1.29, 1.82) is 0 Å². The molecule has 7 heteroatoms. The van der Waals surface area contributed by atoms with E-state index in [1.165, 1.54) is 12.1 Å². The van der Waals surface area contributed by atoms with Crippen LogP contribution in [0, 0.1) is 0 Å². The Morgan fingerprint density at radius 3 is 2.75 bits per heavy atom.